The van der Waals surface area contributed by atoms with Crippen molar-refractivity contribution < 1.29 is 24.2 Å². The van der Waals surface area contributed by atoms with E-state index in [1.165, 1.54) is 0 Å². The van der Waals surface area contributed by atoms with Gasteiger partial charge in [-0.15, -0.1) is 0 Å². The van der Waals surface area contributed by atoms with Crippen molar-refractivity contribution in [3.05, 3.63) is 78.4 Å². The molecule has 2 aromatic rings. The quantitative estimate of drug-likeness (QED) is 0.524. The van der Waals surface area contributed by atoms with Crippen LogP contribution < -0.4 is 5.32 Å². The van der Waals surface area contributed by atoms with E-state index in [1.807, 2.05) is 30.3 Å². The molecular formula is C21H21NO5. The molecule has 0 fully saturated rings. The summed E-state index contributed by atoms with van der Waals surface area (Å²) in [5, 5.41) is 12.0. The fourth-order valence-corrected chi connectivity index (χ4v) is 2.45. The Bertz CT molecular complexity index is 799. The normalized spacial score (nSPS) is 11.3. The Kier molecular flexibility index (Phi) is 7.31. The lowest BCUT2D eigenvalue weighted by Crippen LogP contribution is -2.21. The fraction of sp³-hybridized carbons (Fsp3) is 0.190. The van der Waals surface area contributed by atoms with E-state index in [9.17, 15) is 19.5 Å². The van der Waals surface area contributed by atoms with E-state index in [2.05, 4.69) is 11.9 Å². The number of esters is 1. The van der Waals surface area contributed by atoms with Gasteiger partial charge in [0.1, 0.15) is 6.61 Å². The maximum atomic E-state index is 12.0. The first-order valence-electron chi connectivity index (χ1n) is 8.42. The second-order valence-electron chi connectivity index (χ2n) is 5.98. The summed E-state index contributed by atoms with van der Waals surface area (Å²) in [6.07, 6.45) is 1.14. The third kappa shape index (κ3) is 6.78. The van der Waals surface area contributed by atoms with Crippen molar-refractivity contribution in [1.82, 2.24) is 0 Å². The van der Waals surface area contributed by atoms with Crippen LogP contribution in [0.4, 0.5) is 5.69 Å². The zero-order valence-corrected chi connectivity index (χ0v) is 14.8. The van der Waals surface area contributed by atoms with Gasteiger partial charge >= 0.3 is 11.9 Å². The molecule has 0 saturated heterocycles. The number of amides is 1. The monoisotopic (exact) mass is 367 g/mol. The minimum absolute atomic E-state index is 0.115. The van der Waals surface area contributed by atoms with Crippen molar-refractivity contribution >= 4 is 23.5 Å². The van der Waals surface area contributed by atoms with E-state index in [4.69, 9.17) is 4.74 Å². The summed E-state index contributed by atoms with van der Waals surface area (Å²) in [5.74, 6) is -2.83. The van der Waals surface area contributed by atoms with Crippen LogP contribution in [-0.4, -0.2) is 23.0 Å². The molecule has 0 aromatic heterocycles. The van der Waals surface area contributed by atoms with Crippen LogP contribution in [0.1, 0.15) is 17.5 Å². The Morgan fingerprint density at radius 2 is 1.70 bits per heavy atom. The second kappa shape index (κ2) is 9.91. The molecule has 1 amide bonds. The lowest BCUT2D eigenvalue weighted by Gasteiger charge is -2.13. The third-order valence-electron chi connectivity index (χ3n) is 3.89. The van der Waals surface area contributed by atoms with Crippen molar-refractivity contribution in [2.45, 2.75) is 19.4 Å². The van der Waals surface area contributed by atoms with Crippen molar-refractivity contribution in [3.63, 3.8) is 0 Å². The molecule has 27 heavy (non-hydrogen) atoms. The number of anilines is 1. The zero-order valence-electron chi connectivity index (χ0n) is 14.8. The Morgan fingerprint density at radius 1 is 1.04 bits per heavy atom. The number of aliphatic carboxylic acids is 1. The Morgan fingerprint density at radius 3 is 2.30 bits per heavy atom. The topological polar surface area (TPSA) is 92.7 Å². The highest BCUT2D eigenvalue weighted by Crippen LogP contribution is 2.17. The maximum absolute atomic E-state index is 12.0. The van der Waals surface area contributed by atoms with Crippen molar-refractivity contribution in [2.75, 3.05) is 5.32 Å². The van der Waals surface area contributed by atoms with Gasteiger partial charge in [-0.1, -0.05) is 49.0 Å². The van der Waals surface area contributed by atoms with Gasteiger partial charge in [0, 0.05) is 5.69 Å². The molecule has 0 aliphatic rings. The molecule has 0 aliphatic carbocycles. The highest BCUT2D eigenvalue weighted by atomic mass is 16.5. The number of hydrogen-bond acceptors (Lipinski definition) is 4. The number of carbonyl (C=O) groups is 3. The summed E-state index contributed by atoms with van der Waals surface area (Å²) < 4.78 is 5.16. The van der Waals surface area contributed by atoms with Gasteiger partial charge < -0.3 is 15.2 Å². The molecule has 2 N–H and O–H groups in total. The molecule has 6 nitrogen and oxygen atoms in total. The molecule has 0 heterocycles. The molecule has 2 aromatic carbocycles. The molecule has 0 unspecified atom stereocenters. The van der Waals surface area contributed by atoms with Gasteiger partial charge in [0.2, 0.25) is 5.91 Å². The third-order valence-corrected chi connectivity index (χ3v) is 3.89. The Balaban J connectivity index is 1.90. The molecule has 2 rings (SSSR count). The molecule has 0 radical (unpaired) electrons. The summed E-state index contributed by atoms with van der Waals surface area (Å²) in [6, 6.07) is 16.0. The van der Waals surface area contributed by atoms with E-state index >= 15 is 0 Å². The van der Waals surface area contributed by atoms with Crippen LogP contribution in [0, 0.1) is 5.92 Å². The van der Waals surface area contributed by atoms with Crippen molar-refractivity contribution in [3.8, 4) is 0 Å². The molecule has 0 spiro atoms. The van der Waals surface area contributed by atoms with Gasteiger partial charge in [-0.2, -0.15) is 0 Å². The SMILES string of the molecule is C=CC(=O)Nc1ccc(C[C@H](CC(=O)OCc2ccccc2)C(=O)O)cc1. The average molecular weight is 367 g/mol. The number of benzene rings is 2. The first-order chi connectivity index (χ1) is 13.0. The maximum Gasteiger partial charge on any atom is 0.307 e. The van der Waals surface area contributed by atoms with Gasteiger partial charge in [-0.05, 0) is 35.8 Å². The van der Waals surface area contributed by atoms with E-state index in [0.29, 0.717) is 5.69 Å². The first kappa shape index (κ1) is 19.9. The summed E-state index contributed by atoms with van der Waals surface area (Å²) in [4.78, 5) is 34.7. The van der Waals surface area contributed by atoms with Crippen molar-refractivity contribution in [2.24, 2.45) is 5.92 Å². The Hall–Kier alpha value is -3.41. The molecule has 1 atom stereocenters. The lowest BCUT2D eigenvalue weighted by molar-refractivity contribution is -0.152. The van der Waals surface area contributed by atoms with Crippen molar-refractivity contribution in [1.29, 1.82) is 0 Å². The first-order valence-corrected chi connectivity index (χ1v) is 8.42. The molecule has 0 aliphatic heterocycles. The molecule has 0 bridgehead atoms. The van der Waals surface area contributed by atoms with Gasteiger partial charge in [0.25, 0.3) is 0 Å². The lowest BCUT2D eigenvalue weighted by atomic mass is 9.96. The number of rotatable bonds is 9. The van der Waals surface area contributed by atoms with E-state index in [-0.39, 0.29) is 25.4 Å². The molecule has 6 heteroatoms. The summed E-state index contributed by atoms with van der Waals surface area (Å²) in [6.45, 7) is 3.49. The predicted octanol–water partition coefficient (Wildman–Crippen LogP) is 3.19. The van der Waals surface area contributed by atoms with Crippen LogP contribution in [0.2, 0.25) is 0 Å². The van der Waals surface area contributed by atoms with Crippen LogP contribution in [0.5, 0.6) is 0 Å². The predicted molar refractivity (Wildman–Crippen MR) is 101 cm³/mol. The molecular weight excluding hydrogens is 346 g/mol. The minimum atomic E-state index is -1.06. The number of carbonyl (C=O) groups excluding carboxylic acids is 2. The van der Waals surface area contributed by atoms with Gasteiger partial charge in [-0.3, -0.25) is 14.4 Å². The smallest absolute Gasteiger partial charge is 0.307 e. The van der Waals surface area contributed by atoms with E-state index in [1.54, 1.807) is 24.3 Å². The van der Waals surface area contributed by atoms with Crippen LogP contribution in [-0.2, 0) is 32.1 Å². The summed E-state index contributed by atoms with van der Waals surface area (Å²) in [7, 11) is 0. The molecule has 0 saturated carbocycles. The highest BCUT2D eigenvalue weighted by Gasteiger charge is 2.22. The van der Waals surface area contributed by atoms with Crippen LogP contribution in [0.25, 0.3) is 0 Å². The minimum Gasteiger partial charge on any atom is -0.481 e. The average Bonchev–Trinajstić information content (AvgIpc) is 2.68. The Labute approximate surface area is 157 Å². The van der Waals surface area contributed by atoms with Gasteiger partial charge in [-0.25, -0.2) is 0 Å². The van der Waals surface area contributed by atoms with Crippen LogP contribution >= 0.6 is 0 Å². The number of carboxylic acid groups (broad SMARTS) is 1. The largest absolute Gasteiger partial charge is 0.481 e. The number of nitrogens with one attached hydrogen (secondary N) is 1. The second-order valence-corrected chi connectivity index (χ2v) is 5.98. The summed E-state index contributed by atoms with van der Waals surface area (Å²) >= 11 is 0. The molecule has 140 valence electrons. The summed E-state index contributed by atoms with van der Waals surface area (Å²) in [5.41, 5.74) is 2.17. The fourth-order valence-electron chi connectivity index (χ4n) is 2.45. The van der Waals surface area contributed by atoms with E-state index < -0.39 is 17.9 Å². The standard InChI is InChI=1S/C21H21NO5/c1-2-19(23)22-18-10-8-15(9-11-18)12-17(21(25)26)13-20(24)27-14-16-6-4-3-5-7-16/h2-11,17H,1,12-14H2,(H,22,23)(H,25,26)/t17-/m1/s1. The van der Waals surface area contributed by atoms with Gasteiger partial charge in [0.15, 0.2) is 0 Å². The van der Waals surface area contributed by atoms with Crippen LogP contribution in [0.15, 0.2) is 67.3 Å². The van der Waals surface area contributed by atoms with Crippen LogP contribution in [0.3, 0.4) is 0 Å². The number of carboxylic acids is 1. The zero-order chi connectivity index (χ0) is 19.6. The number of hydrogen-bond donors (Lipinski definition) is 2. The highest BCUT2D eigenvalue weighted by molar-refractivity contribution is 5.98. The van der Waals surface area contributed by atoms with Gasteiger partial charge in [0.05, 0.1) is 12.3 Å². The number of ether oxygens (including phenoxy) is 1. The van der Waals surface area contributed by atoms with E-state index in [0.717, 1.165) is 17.2 Å².